The molecule has 53 heavy (non-hydrogen) atoms. The Hall–Kier alpha value is -4.70. The normalized spacial score (nSPS) is 17.0. The monoisotopic (exact) mass is 696 g/mol. The molecule has 9 rings (SSSR count). The van der Waals surface area contributed by atoms with Gasteiger partial charge in [0.1, 0.15) is 5.76 Å². The molecule has 0 saturated carbocycles. The van der Waals surface area contributed by atoms with E-state index in [2.05, 4.69) is 183 Å². The number of hydrogen-bond donors (Lipinski definition) is 0. The summed E-state index contributed by atoms with van der Waals surface area (Å²) in [5.41, 5.74) is 16.3. The zero-order chi connectivity index (χ0) is 37.4. The Morgan fingerprint density at radius 1 is 0.604 bits per heavy atom. The molecular weight excluding hydrogens is 643 g/mol. The van der Waals surface area contributed by atoms with Crippen LogP contribution >= 0.6 is 0 Å². The summed E-state index contributed by atoms with van der Waals surface area (Å²) in [7, 11) is 0. The molecule has 6 aromatic rings. The summed E-state index contributed by atoms with van der Waals surface area (Å²) in [6.07, 6.45) is 2.21. The topological polar surface area (TPSA) is 19.6 Å². The van der Waals surface area contributed by atoms with Gasteiger partial charge in [-0.25, -0.2) is 0 Å². The van der Waals surface area contributed by atoms with Crippen molar-refractivity contribution in [1.82, 2.24) is 0 Å². The number of benzene rings is 5. The molecule has 0 atom stereocenters. The van der Waals surface area contributed by atoms with E-state index >= 15 is 0 Å². The van der Waals surface area contributed by atoms with Gasteiger partial charge in [0.2, 0.25) is 0 Å². The Morgan fingerprint density at radius 2 is 1.21 bits per heavy atom. The molecule has 3 heterocycles. The van der Waals surface area contributed by atoms with Gasteiger partial charge in [0.05, 0.1) is 11.3 Å². The fourth-order valence-corrected chi connectivity index (χ4v) is 9.36. The summed E-state index contributed by atoms with van der Waals surface area (Å²) < 4.78 is 7.51. The van der Waals surface area contributed by atoms with E-state index in [9.17, 15) is 0 Å². The zero-order valence-corrected chi connectivity index (χ0v) is 33.5. The maximum absolute atomic E-state index is 7.51. The molecule has 268 valence electrons. The Bertz CT molecular complexity index is 2450. The fourth-order valence-electron chi connectivity index (χ4n) is 9.36. The van der Waals surface area contributed by atoms with Gasteiger partial charge in [-0.05, 0) is 117 Å². The highest BCUT2D eigenvalue weighted by Crippen LogP contribution is 2.55. The molecule has 1 aliphatic carbocycles. The quantitative estimate of drug-likeness (QED) is 0.168. The van der Waals surface area contributed by atoms with Gasteiger partial charge in [0.25, 0.3) is 6.71 Å². The third kappa shape index (κ3) is 5.15. The average molecular weight is 697 g/mol. The molecule has 0 saturated heterocycles. The number of hydrogen-bond acceptors (Lipinski definition) is 3. The lowest BCUT2D eigenvalue weighted by Crippen LogP contribution is -2.61. The second kappa shape index (κ2) is 11.2. The van der Waals surface area contributed by atoms with Crippen LogP contribution in [0.4, 0.5) is 34.1 Å². The number of anilines is 6. The van der Waals surface area contributed by atoms with Crippen LogP contribution in [0, 0.1) is 6.92 Å². The van der Waals surface area contributed by atoms with Crippen molar-refractivity contribution in [2.24, 2.45) is 0 Å². The molecule has 0 spiro atoms. The Morgan fingerprint density at radius 3 is 1.89 bits per heavy atom. The summed E-state index contributed by atoms with van der Waals surface area (Å²) in [4.78, 5) is 5.10. The van der Waals surface area contributed by atoms with E-state index in [1.165, 1.54) is 78.1 Å². The van der Waals surface area contributed by atoms with Crippen molar-refractivity contribution in [1.29, 1.82) is 0 Å². The number of nitrogens with zero attached hydrogens (tertiary/aromatic N) is 2. The van der Waals surface area contributed by atoms with E-state index in [1.807, 2.05) is 0 Å². The molecule has 0 fully saturated rings. The minimum Gasteiger partial charge on any atom is -0.472 e. The standard InChI is InChI=1S/C49H53BN2O/c1-30-26-39-42-40(27-30)52(36-20-16-31-14-12-13-15-32(31)28-36)43-41-44(49(10,11)25-24-48(41,8)9)53-45(43)50(42)37-29-34(47(5,6)7)19-23-38(37)51(39)35-21-17-33(18-22-35)46(2,3)4/h12-23,26-29H,24-25H2,1-11H3. The summed E-state index contributed by atoms with van der Waals surface area (Å²) in [5.74, 6) is 1.16. The molecule has 0 amide bonds. The van der Waals surface area contributed by atoms with Crippen LogP contribution in [0.25, 0.3) is 10.8 Å². The molecule has 1 aromatic heterocycles. The van der Waals surface area contributed by atoms with Crippen LogP contribution in [0.15, 0.2) is 101 Å². The highest BCUT2D eigenvalue weighted by Gasteiger charge is 2.52. The first-order valence-electron chi connectivity index (χ1n) is 19.6. The third-order valence-electron chi connectivity index (χ3n) is 12.5. The maximum atomic E-state index is 7.51. The molecular formula is C49H53BN2O. The third-order valence-corrected chi connectivity index (χ3v) is 12.5. The van der Waals surface area contributed by atoms with Gasteiger partial charge in [-0.2, -0.15) is 0 Å². The van der Waals surface area contributed by atoms with E-state index in [0.717, 1.165) is 24.3 Å². The summed E-state index contributed by atoms with van der Waals surface area (Å²) >= 11 is 0. The first-order chi connectivity index (χ1) is 24.9. The molecule has 0 unspecified atom stereocenters. The largest absolute Gasteiger partial charge is 0.472 e. The van der Waals surface area contributed by atoms with Crippen LogP contribution in [0.1, 0.15) is 110 Å². The van der Waals surface area contributed by atoms with Crippen LogP contribution < -0.4 is 26.4 Å². The number of furan rings is 1. The average Bonchev–Trinajstić information content (AvgIpc) is 3.52. The van der Waals surface area contributed by atoms with Crippen molar-refractivity contribution < 1.29 is 4.42 Å². The maximum Gasteiger partial charge on any atom is 0.297 e. The van der Waals surface area contributed by atoms with E-state index in [1.54, 1.807) is 0 Å². The Balaban J connectivity index is 1.41. The lowest BCUT2D eigenvalue weighted by atomic mass is 9.35. The van der Waals surface area contributed by atoms with Crippen LogP contribution in [0.5, 0.6) is 0 Å². The molecule has 0 N–H and O–H groups in total. The molecule has 4 heteroatoms. The minimum absolute atomic E-state index is 0.00832. The predicted octanol–water partition coefficient (Wildman–Crippen LogP) is 11.8. The molecule has 0 radical (unpaired) electrons. The van der Waals surface area contributed by atoms with Gasteiger partial charge in [-0.15, -0.1) is 0 Å². The van der Waals surface area contributed by atoms with Gasteiger partial charge in [-0.1, -0.05) is 124 Å². The van der Waals surface area contributed by atoms with E-state index in [-0.39, 0.29) is 28.4 Å². The number of fused-ring (bicyclic) bond motifs is 7. The minimum atomic E-state index is -0.0756. The van der Waals surface area contributed by atoms with Crippen LogP contribution in [-0.4, -0.2) is 6.71 Å². The van der Waals surface area contributed by atoms with Crippen molar-refractivity contribution in [3.05, 3.63) is 125 Å². The van der Waals surface area contributed by atoms with Crippen molar-refractivity contribution in [3.63, 3.8) is 0 Å². The molecule has 2 aliphatic heterocycles. The van der Waals surface area contributed by atoms with Crippen molar-refractivity contribution in [2.75, 3.05) is 9.80 Å². The van der Waals surface area contributed by atoms with Gasteiger partial charge >= 0.3 is 0 Å². The Kier molecular flexibility index (Phi) is 7.18. The second-order valence-corrected chi connectivity index (χ2v) is 19.5. The van der Waals surface area contributed by atoms with Gasteiger partial charge in [0.15, 0.2) is 0 Å². The molecule has 3 aliphatic rings. The van der Waals surface area contributed by atoms with Crippen LogP contribution in [0.2, 0.25) is 0 Å². The van der Waals surface area contributed by atoms with Crippen molar-refractivity contribution in [3.8, 4) is 0 Å². The summed E-state index contributed by atoms with van der Waals surface area (Å²) in [5, 5.41) is 2.50. The molecule has 3 nitrogen and oxygen atoms in total. The lowest BCUT2D eigenvalue weighted by Gasteiger charge is -2.44. The molecule has 0 bridgehead atoms. The summed E-state index contributed by atoms with van der Waals surface area (Å²) in [6, 6.07) is 37.1. The highest BCUT2D eigenvalue weighted by molar-refractivity contribution is 6.99. The summed E-state index contributed by atoms with van der Waals surface area (Å²) in [6.45, 7) is 25.7. The smallest absolute Gasteiger partial charge is 0.297 e. The SMILES string of the molecule is Cc1cc2c3c(c1)N(c1ccc4ccccc4c1)c1c(oc4c1C(C)(C)CCC4(C)C)B3c1cc(C(C)(C)C)ccc1N2c1ccc(C(C)(C)C)cc1. The predicted molar refractivity (Wildman–Crippen MR) is 228 cm³/mol. The first-order valence-corrected chi connectivity index (χ1v) is 19.6. The van der Waals surface area contributed by atoms with E-state index < -0.39 is 0 Å². The Labute approximate surface area is 317 Å². The van der Waals surface area contributed by atoms with Gasteiger partial charge in [-0.3, -0.25) is 0 Å². The van der Waals surface area contributed by atoms with Crippen molar-refractivity contribution in [2.45, 2.75) is 111 Å². The van der Waals surface area contributed by atoms with Crippen LogP contribution in [0.3, 0.4) is 0 Å². The van der Waals surface area contributed by atoms with Gasteiger partial charge in [0, 0.05) is 39.4 Å². The van der Waals surface area contributed by atoms with Crippen LogP contribution in [-0.2, 0) is 21.7 Å². The molecule has 5 aromatic carbocycles. The number of aryl methyl sites for hydroxylation is 1. The first kappa shape index (κ1) is 34.1. The van der Waals surface area contributed by atoms with E-state index in [0.29, 0.717) is 0 Å². The number of rotatable bonds is 2. The van der Waals surface area contributed by atoms with Gasteiger partial charge < -0.3 is 14.2 Å². The second-order valence-electron chi connectivity index (χ2n) is 19.5. The fraction of sp³-hybridized carbons (Fsp3) is 0.347. The van der Waals surface area contributed by atoms with E-state index in [4.69, 9.17) is 4.42 Å². The highest BCUT2D eigenvalue weighted by atomic mass is 16.3. The van der Waals surface area contributed by atoms with Crippen molar-refractivity contribution >= 4 is 68.2 Å². The zero-order valence-electron chi connectivity index (χ0n) is 33.5. The lowest BCUT2D eigenvalue weighted by molar-refractivity contribution is 0.282.